The minimum Gasteiger partial charge on any atom is -0.397 e. The van der Waals surface area contributed by atoms with E-state index in [1.54, 1.807) is 0 Å². The van der Waals surface area contributed by atoms with Crippen molar-refractivity contribution in [3.63, 3.8) is 0 Å². The fourth-order valence-corrected chi connectivity index (χ4v) is 2.18. The van der Waals surface area contributed by atoms with Crippen LogP contribution in [-0.2, 0) is 9.05 Å². The van der Waals surface area contributed by atoms with Gasteiger partial charge in [-0.1, -0.05) is 0 Å². The summed E-state index contributed by atoms with van der Waals surface area (Å²) in [6, 6.07) is 0.501. The molecule has 0 atom stereocenters. The average Bonchev–Trinajstić information content (AvgIpc) is 1.99. The Morgan fingerprint density at radius 2 is 2.00 bits per heavy atom. The van der Waals surface area contributed by atoms with Crippen molar-refractivity contribution in [3.05, 3.63) is 17.7 Å². The Morgan fingerprint density at radius 3 is 2.40 bits per heavy atom. The van der Waals surface area contributed by atoms with Crippen LogP contribution in [0.4, 0.5) is 18.9 Å². The van der Waals surface area contributed by atoms with Gasteiger partial charge >= 0.3 is 0 Å². The van der Waals surface area contributed by atoms with Crippen molar-refractivity contribution in [2.45, 2.75) is 11.3 Å². The molecule has 0 amide bonds. The molecule has 0 unspecified atom stereocenters. The number of halogens is 4. The summed E-state index contributed by atoms with van der Waals surface area (Å²) in [6.45, 7) is 0. The molecular formula is C6H4ClF3N2O2S. The van der Waals surface area contributed by atoms with E-state index >= 15 is 0 Å². The third-order valence-electron chi connectivity index (χ3n) is 1.45. The van der Waals surface area contributed by atoms with Gasteiger partial charge in [-0.3, -0.25) is 0 Å². The number of nitrogens with zero attached hydrogens (tertiary/aromatic N) is 1. The number of anilines is 1. The first kappa shape index (κ1) is 12.1. The molecule has 0 saturated carbocycles. The van der Waals surface area contributed by atoms with Crippen molar-refractivity contribution < 1.29 is 21.6 Å². The van der Waals surface area contributed by atoms with E-state index in [1.807, 2.05) is 0 Å². The van der Waals surface area contributed by atoms with E-state index in [9.17, 15) is 21.6 Å². The van der Waals surface area contributed by atoms with E-state index in [0.717, 1.165) is 0 Å². The molecule has 1 aromatic rings. The second kappa shape index (κ2) is 3.86. The lowest BCUT2D eigenvalue weighted by atomic mass is 10.3. The normalized spacial score (nSPS) is 12.1. The minimum atomic E-state index is -4.49. The molecular weight excluding hydrogens is 257 g/mol. The Balaban J connectivity index is 3.62. The number of rotatable bonds is 2. The van der Waals surface area contributed by atoms with Crippen molar-refractivity contribution in [1.29, 1.82) is 0 Å². The van der Waals surface area contributed by atoms with Gasteiger partial charge in [0.2, 0.25) is 5.95 Å². The number of hydrogen-bond acceptors (Lipinski definition) is 4. The first-order valence-electron chi connectivity index (χ1n) is 3.42. The monoisotopic (exact) mass is 260 g/mol. The van der Waals surface area contributed by atoms with Crippen LogP contribution in [0.1, 0.15) is 12.1 Å². The van der Waals surface area contributed by atoms with E-state index < -0.39 is 37.7 Å². The summed E-state index contributed by atoms with van der Waals surface area (Å²) in [7, 11) is 0.374. The topological polar surface area (TPSA) is 73.0 Å². The highest BCUT2D eigenvalue weighted by molar-refractivity contribution is 8.13. The molecule has 2 N–H and O–H groups in total. The Morgan fingerprint density at radius 1 is 1.47 bits per heavy atom. The lowest BCUT2D eigenvalue weighted by Crippen LogP contribution is -2.08. The van der Waals surface area contributed by atoms with Crippen LogP contribution in [0, 0.1) is 5.95 Å². The average molecular weight is 261 g/mol. The number of aromatic nitrogens is 1. The summed E-state index contributed by atoms with van der Waals surface area (Å²) in [6.07, 6.45) is -3.29. The Kier molecular flexibility index (Phi) is 3.10. The zero-order chi connectivity index (χ0) is 11.8. The molecule has 0 aliphatic carbocycles. The maximum absolute atomic E-state index is 12.6. The highest BCUT2D eigenvalue weighted by atomic mass is 35.7. The summed E-state index contributed by atoms with van der Waals surface area (Å²) in [5.74, 6) is -1.30. The molecule has 15 heavy (non-hydrogen) atoms. The van der Waals surface area contributed by atoms with Crippen molar-refractivity contribution >= 4 is 25.4 Å². The van der Waals surface area contributed by atoms with Crippen LogP contribution in [0.2, 0.25) is 0 Å². The minimum absolute atomic E-state index is 0.501. The van der Waals surface area contributed by atoms with Gasteiger partial charge in [-0.25, -0.2) is 22.2 Å². The van der Waals surface area contributed by atoms with Crippen molar-refractivity contribution in [2.24, 2.45) is 0 Å². The Labute approximate surface area is 87.3 Å². The second-order valence-corrected chi connectivity index (χ2v) is 4.99. The third kappa shape index (κ3) is 2.51. The van der Waals surface area contributed by atoms with Crippen molar-refractivity contribution in [2.75, 3.05) is 5.73 Å². The van der Waals surface area contributed by atoms with Crippen LogP contribution in [0.15, 0.2) is 11.0 Å². The molecule has 0 bridgehead atoms. The third-order valence-corrected chi connectivity index (χ3v) is 2.84. The van der Waals surface area contributed by atoms with Crippen LogP contribution in [0.25, 0.3) is 0 Å². The molecule has 9 heteroatoms. The molecule has 0 aliphatic heterocycles. The van der Waals surface area contributed by atoms with Crippen LogP contribution >= 0.6 is 10.7 Å². The van der Waals surface area contributed by atoms with E-state index in [2.05, 4.69) is 4.98 Å². The molecule has 0 aliphatic rings. The van der Waals surface area contributed by atoms with E-state index in [0.29, 0.717) is 6.07 Å². The highest BCUT2D eigenvalue weighted by Crippen LogP contribution is 2.31. The van der Waals surface area contributed by atoms with Crippen LogP contribution in [0.3, 0.4) is 0 Å². The van der Waals surface area contributed by atoms with Gasteiger partial charge in [0.1, 0.15) is 10.6 Å². The largest absolute Gasteiger partial charge is 0.397 e. The van der Waals surface area contributed by atoms with Gasteiger partial charge in [-0.15, -0.1) is 0 Å². The van der Waals surface area contributed by atoms with Crippen LogP contribution in [0.5, 0.6) is 0 Å². The Hall–Kier alpha value is -1.02. The predicted octanol–water partition coefficient (Wildman–Crippen LogP) is 1.67. The SMILES string of the molecule is Nc1cc(F)nc(C(F)F)c1S(=O)(=O)Cl. The quantitative estimate of drug-likeness (QED) is 0.648. The fourth-order valence-electron chi connectivity index (χ4n) is 0.953. The lowest BCUT2D eigenvalue weighted by Gasteiger charge is -2.07. The molecule has 0 radical (unpaired) electrons. The fraction of sp³-hybridized carbons (Fsp3) is 0.167. The van der Waals surface area contributed by atoms with E-state index in [4.69, 9.17) is 16.4 Å². The summed E-state index contributed by atoms with van der Waals surface area (Å²) in [5, 5.41) is 0. The van der Waals surface area contributed by atoms with Gasteiger partial charge in [-0.2, -0.15) is 4.39 Å². The molecule has 0 aromatic carbocycles. The van der Waals surface area contributed by atoms with Gasteiger partial charge in [0.15, 0.2) is 0 Å². The zero-order valence-corrected chi connectivity index (χ0v) is 8.49. The standard InChI is InChI=1S/C6H4ClF3N2O2S/c7-15(13,14)5-2(11)1-3(8)12-4(5)6(9)10/h1,6H,(H2,11,12). The summed E-state index contributed by atoms with van der Waals surface area (Å²) >= 11 is 0. The zero-order valence-electron chi connectivity index (χ0n) is 6.92. The smallest absolute Gasteiger partial charge is 0.281 e. The maximum Gasteiger partial charge on any atom is 0.281 e. The van der Waals surface area contributed by atoms with Gasteiger partial charge in [0, 0.05) is 16.7 Å². The predicted molar refractivity (Wildman–Crippen MR) is 46.6 cm³/mol. The molecule has 0 saturated heterocycles. The number of nitrogen functional groups attached to an aromatic ring is 1. The first-order valence-corrected chi connectivity index (χ1v) is 5.73. The first-order chi connectivity index (χ1) is 6.73. The molecule has 1 aromatic heterocycles. The van der Waals surface area contributed by atoms with Gasteiger partial charge in [0.25, 0.3) is 15.5 Å². The molecule has 1 rings (SSSR count). The van der Waals surface area contributed by atoms with E-state index in [-0.39, 0.29) is 0 Å². The lowest BCUT2D eigenvalue weighted by molar-refractivity contribution is 0.141. The number of nitrogens with two attached hydrogens (primary N) is 1. The Bertz CT molecular complexity index is 491. The molecule has 4 nitrogen and oxygen atoms in total. The number of pyridine rings is 1. The van der Waals surface area contributed by atoms with Gasteiger partial charge in [0.05, 0.1) is 5.69 Å². The van der Waals surface area contributed by atoms with Crippen LogP contribution in [-0.4, -0.2) is 13.4 Å². The molecule has 0 fully saturated rings. The highest BCUT2D eigenvalue weighted by Gasteiger charge is 2.27. The maximum atomic E-state index is 12.6. The summed E-state index contributed by atoms with van der Waals surface area (Å²) in [5.41, 5.74) is 3.08. The van der Waals surface area contributed by atoms with Gasteiger partial charge in [-0.05, 0) is 0 Å². The molecule has 1 heterocycles. The summed E-state index contributed by atoms with van der Waals surface area (Å²) < 4.78 is 59.0. The van der Waals surface area contributed by atoms with Gasteiger partial charge < -0.3 is 5.73 Å². The van der Waals surface area contributed by atoms with Crippen molar-refractivity contribution in [3.8, 4) is 0 Å². The number of hydrogen-bond donors (Lipinski definition) is 1. The number of alkyl halides is 2. The van der Waals surface area contributed by atoms with Crippen LogP contribution < -0.4 is 5.73 Å². The summed E-state index contributed by atoms with van der Waals surface area (Å²) in [4.78, 5) is 1.68. The second-order valence-electron chi connectivity index (χ2n) is 2.49. The van der Waals surface area contributed by atoms with E-state index in [1.165, 1.54) is 0 Å². The molecule has 84 valence electrons. The van der Waals surface area contributed by atoms with Crippen molar-refractivity contribution in [1.82, 2.24) is 4.98 Å². The molecule has 0 spiro atoms.